The molecule has 0 fully saturated rings. The van der Waals surface area contributed by atoms with E-state index in [9.17, 15) is 18.0 Å². The van der Waals surface area contributed by atoms with Crippen molar-refractivity contribution in [2.75, 3.05) is 17.1 Å². The van der Waals surface area contributed by atoms with Gasteiger partial charge in [0.1, 0.15) is 12.6 Å². The van der Waals surface area contributed by atoms with E-state index in [0.29, 0.717) is 10.0 Å². The Balaban J connectivity index is 2.07. The van der Waals surface area contributed by atoms with Crippen LogP contribution in [0.15, 0.2) is 78.9 Å². The Morgan fingerprint density at radius 1 is 0.872 bits per heavy atom. The molecule has 1 atom stereocenters. The smallest absolute Gasteiger partial charge is 0.244 e. The summed E-state index contributed by atoms with van der Waals surface area (Å²) in [5, 5.41) is 3.86. The highest BCUT2D eigenvalue weighted by atomic mass is 35.5. The van der Waals surface area contributed by atoms with Gasteiger partial charge in [0.15, 0.2) is 0 Å². The van der Waals surface area contributed by atoms with Gasteiger partial charge in [0.2, 0.25) is 21.8 Å². The van der Waals surface area contributed by atoms with Gasteiger partial charge < -0.3 is 10.2 Å². The summed E-state index contributed by atoms with van der Waals surface area (Å²) >= 11 is 12.2. The van der Waals surface area contributed by atoms with Gasteiger partial charge in [0.25, 0.3) is 0 Å². The standard InChI is InChI=1S/C29H33Cl2N3O4S/c1-29(2,3)32-28(36)26(17-21-9-6-5-7-10-21)33(19-22-13-15-23(30)16-14-22)27(35)20-34(39(4,37)38)25-12-8-11-24(31)18-25/h5-16,18,26H,17,19-20H2,1-4H3,(H,32,36)/t26-/m1/s1. The minimum atomic E-state index is -3.87. The molecular weight excluding hydrogens is 557 g/mol. The Labute approximate surface area is 240 Å². The first-order valence-electron chi connectivity index (χ1n) is 12.4. The van der Waals surface area contributed by atoms with Crippen molar-refractivity contribution in [2.45, 2.75) is 45.3 Å². The Morgan fingerprint density at radius 2 is 1.51 bits per heavy atom. The number of carbonyl (C=O) groups is 2. The van der Waals surface area contributed by atoms with Crippen LogP contribution < -0.4 is 9.62 Å². The molecule has 0 aliphatic heterocycles. The van der Waals surface area contributed by atoms with E-state index in [-0.39, 0.29) is 24.6 Å². The summed E-state index contributed by atoms with van der Waals surface area (Å²) in [5.41, 5.74) is 1.29. The lowest BCUT2D eigenvalue weighted by atomic mass is 10.0. The van der Waals surface area contributed by atoms with Crippen LogP contribution in [0.2, 0.25) is 10.0 Å². The Kier molecular flexibility index (Phi) is 10.0. The number of sulfonamides is 1. The molecule has 0 heterocycles. The van der Waals surface area contributed by atoms with Gasteiger partial charge in [0.05, 0.1) is 11.9 Å². The minimum absolute atomic E-state index is 0.0677. The van der Waals surface area contributed by atoms with E-state index in [2.05, 4.69) is 5.32 Å². The second-order valence-electron chi connectivity index (χ2n) is 10.3. The van der Waals surface area contributed by atoms with Gasteiger partial charge in [-0.2, -0.15) is 0 Å². The van der Waals surface area contributed by atoms with Crippen molar-refractivity contribution in [3.63, 3.8) is 0 Å². The summed E-state index contributed by atoms with van der Waals surface area (Å²) < 4.78 is 26.6. The number of rotatable bonds is 10. The first-order valence-corrected chi connectivity index (χ1v) is 15.0. The van der Waals surface area contributed by atoms with Gasteiger partial charge in [-0.1, -0.05) is 71.7 Å². The average molecular weight is 591 g/mol. The molecule has 0 unspecified atom stereocenters. The summed E-state index contributed by atoms with van der Waals surface area (Å²) in [6.45, 7) is 5.14. The molecule has 3 aromatic carbocycles. The molecule has 0 spiro atoms. The maximum Gasteiger partial charge on any atom is 0.244 e. The Bertz CT molecular complexity index is 1390. The second-order valence-corrected chi connectivity index (χ2v) is 13.1. The van der Waals surface area contributed by atoms with E-state index in [1.54, 1.807) is 42.5 Å². The molecule has 0 radical (unpaired) electrons. The maximum absolute atomic E-state index is 14.0. The highest BCUT2D eigenvalue weighted by molar-refractivity contribution is 7.92. The molecule has 10 heteroatoms. The van der Waals surface area contributed by atoms with Crippen LogP contribution in [0.4, 0.5) is 5.69 Å². The van der Waals surface area contributed by atoms with Crippen LogP contribution >= 0.6 is 23.2 Å². The molecule has 1 N–H and O–H groups in total. The van der Waals surface area contributed by atoms with Crippen molar-refractivity contribution in [3.05, 3.63) is 100 Å². The van der Waals surface area contributed by atoms with Gasteiger partial charge in [-0.25, -0.2) is 8.42 Å². The normalized spacial score (nSPS) is 12.5. The van der Waals surface area contributed by atoms with E-state index >= 15 is 0 Å². The molecule has 0 bridgehead atoms. The highest BCUT2D eigenvalue weighted by Crippen LogP contribution is 2.23. The van der Waals surface area contributed by atoms with Crippen molar-refractivity contribution >= 4 is 50.7 Å². The molecule has 3 aromatic rings. The average Bonchev–Trinajstić information content (AvgIpc) is 2.84. The van der Waals surface area contributed by atoms with E-state index in [1.807, 2.05) is 51.1 Å². The fourth-order valence-corrected chi connectivity index (χ4v) is 5.19. The topological polar surface area (TPSA) is 86.8 Å². The van der Waals surface area contributed by atoms with Crippen LogP contribution in [0.5, 0.6) is 0 Å². The Hall–Kier alpha value is -3.07. The van der Waals surface area contributed by atoms with Gasteiger partial charge in [0, 0.05) is 28.5 Å². The van der Waals surface area contributed by atoms with Gasteiger partial charge in [-0.3, -0.25) is 13.9 Å². The first kappa shape index (κ1) is 30.5. The van der Waals surface area contributed by atoms with E-state index < -0.39 is 34.1 Å². The summed E-state index contributed by atoms with van der Waals surface area (Å²) in [5.74, 6) is -0.886. The molecule has 39 heavy (non-hydrogen) atoms. The number of hydrogen-bond donors (Lipinski definition) is 1. The van der Waals surface area contributed by atoms with Crippen LogP contribution in [-0.4, -0.2) is 49.5 Å². The summed E-state index contributed by atoms with van der Waals surface area (Å²) in [7, 11) is -3.87. The van der Waals surface area contributed by atoms with E-state index in [0.717, 1.165) is 21.7 Å². The number of nitrogens with zero attached hydrogens (tertiary/aromatic N) is 2. The molecule has 0 aliphatic carbocycles. The maximum atomic E-state index is 14.0. The Morgan fingerprint density at radius 3 is 2.08 bits per heavy atom. The zero-order valence-corrected chi connectivity index (χ0v) is 24.7. The number of benzene rings is 3. The molecule has 0 aliphatic rings. The van der Waals surface area contributed by atoms with Crippen molar-refractivity contribution in [2.24, 2.45) is 0 Å². The van der Waals surface area contributed by atoms with Crippen LogP contribution in [0.1, 0.15) is 31.9 Å². The van der Waals surface area contributed by atoms with Crippen LogP contribution in [0, 0.1) is 0 Å². The monoisotopic (exact) mass is 589 g/mol. The third kappa shape index (κ3) is 9.27. The summed E-state index contributed by atoms with van der Waals surface area (Å²) in [6.07, 6.45) is 1.26. The van der Waals surface area contributed by atoms with Crippen molar-refractivity contribution in [1.82, 2.24) is 10.2 Å². The number of hydrogen-bond acceptors (Lipinski definition) is 4. The summed E-state index contributed by atoms with van der Waals surface area (Å²) in [6, 6.07) is 21.7. The van der Waals surface area contributed by atoms with E-state index in [1.165, 1.54) is 11.0 Å². The molecule has 7 nitrogen and oxygen atoms in total. The van der Waals surface area contributed by atoms with Gasteiger partial charge in [-0.05, 0) is 62.2 Å². The van der Waals surface area contributed by atoms with E-state index in [4.69, 9.17) is 23.2 Å². The molecule has 3 rings (SSSR count). The third-order valence-electron chi connectivity index (χ3n) is 5.81. The molecule has 208 valence electrons. The summed E-state index contributed by atoms with van der Waals surface area (Å²) in [4.78, 5) is 29.1. The predicted octanol–water partition coefficient (Wildman–Crippen LogP) is 5.31. The highest BCUT2D eigenvalue weighted by Gasteiger charge is 2.34. The van der Waals surface area contributed by atoms with Crippen molar-refractivity contribution < 1.29 is 18.0 Å². The van der Waals surface area contributed by atoms with Crippen molar-refractivity contribution in [1.29, 1.82) is 0 Å². The first-order chi connectivity index (χ1) is 18.2. The number of halogens is 2. The van der Waals surface area contributed by atoms with Crippen LogP contribution in [0.3, 0.4) is 0 Å². The lowest BCUT2D eigenvalue weighted by molar-refractivity contribution is -0.140. The SMILES string of the molecule is CC(C)(C)NC(=O)[C@@H](Cc1ccccc1)N(Cc1ccc(Cl)cc1)C(=O)CN(c1cccc(Cl)c1)S(C)(=O)=O. The molecule has 0 aromatic heterocycles. The second kappa shape index (κ2) is 12.9. The fraction of sp³-hybridized carbons (Fsp3) is 0.310. The molecule has 0 saturated heterocycles. The van der Waals surface area contributed by atoms with Crippen LogP contribution in [-0.2, 0) is 32.6 Å². The zero-order valence-electron chi connectivity index (χ0n) is 22.4. The lowest BCUT2D eigenvalue weighted by Crippen LogP contribution is -2.56. The minimum Gasteiger partial charge on any atom is -0.350 e. The number of nitrogens with one attached hydrogen (secondary N) is 1. The number of carbonyl (C=O) groups excluding carboxylic acids is 2. The third-order valence-corrected chi connectivity index (χ3v) is 7.44. The number of anilines is 1. The predicted molar refractivity (Wildman–Crippen MR) is 157 cm³/mol. The van der Waals surface area contributed by atoms with Crippen molar-refractivity contribution in [3.8, 4) is 0 Å². The molecular formula is C29H33Cl2N3O4S. The van der Waals surface area contributed by atoms with Gasteiger partial charge in [-0.15, -0.1) is 0 Å². The quantitative estimate of drug-likeness (QED) is 0.347. The fourth-order valence-electron chi connectivity index (χ4n) is 4.04. The largest absolute Gasteiger partial charge is 0.350 e. The molecule has 2 amide bonds. The molecule has 0 saturated carbocycles. The number of amides is 2. The van der Waals surface area contributed by atoms with Crippen LogP contribution in [0.25, 0.3) is 0 Å². The zero-order chi connectivity index (χ0) is 28.8. The lowest BCUT2D eigenvalue weighted by Gasteiger charge is -2.35. The van der Waals surface area contributed by atoms with Gasteiger partial charge >= 0.3 is 0 Å².